The zero-order chi connectivity index (χ0) is 20.4. The number of aryl methyl sites for hydroxylation is 1. The molecule has 0 spiro atoms. The number of hydrogen-bond donors (Lipinski definition) is 1. The highest BCUT2D eigenvalue weighted by Crippen LogP contribution is 2.21. The minimum Gasteiger partial charge on any atom is -0.378 e. The maximum atomic E-state index is 12.9. The largest absolute Gasteiger partial charge is 0.378 e. The number of rotatable bonds is 4. The van der Waals surface area contributed by atoms with E-state index in [1.54, 1.807) is 30.1 Å². The Morgan fingerprint density at radius 2 is 1.93 bits per heavy atom. The predicted octanol–water partition coefficient (Wildman–Crippen LogP) is 1.95. The summed E-state index contributed by atoms with van der Waals surface area (Å²) in [5, 5.41) is 12.1. The Morgan fingerprint density at radius 1 is 1.21 bits per heavy atom. The van der Waals surface area contributed by atoms with Crippen LogP contribution in [-0.2, 0) is 18.3 Å². The van der Waals surface area contributed by atoms with Gasteiger partial charge in [0.15, 0.2) is 0 Å². The lowest BCUT2D eigenvalue weighted by Crippen LogP contribution is -2.36. The van der Waals surface area contributed by atoms with E-state index in [0.29, 0.717) is 29.8 Å². The number of nitrogens with zero attached hydrogens (tertiary/aromatic N) is 4. The second-order valence-corrected chi connectivity index (χ2v) is 6.92. The van der Waals surface area contributed by atoms with E-state index in [2.05, 4.69) is 10.2 Å². The van der Waals surface area contributed by atoms with E-state index in [1.807, 2.05) is 30.3 Å². The Balaban J connectivity index is 1.60. The molecule has 0 aliphatic carbocycles. The molecule has 2 aromatic heterocycles. The van der Waals surface area contributed by atoms with Crippen molar-refractivity contribution in [2.45, 2.75) is 6.54 Å². The van der Waals surface area contributed by atoms with Crippen LogP contribution in [0.1, 0.15) is 10.4 Å². The third-order valence-electron chi connectivity index (χ3n) is 5.10. The van der Waals surface area contributed by atoms with E-state index in [1.165, 1.54) is 4.57 Å². The summed E-state index contributed by atoms with van der Waals surface area (Å²) in [7, 11) is 1.78. The van der Waals surface area contributed by atoms with Crippen LogP contribution in [0.4, 0.5) is 11.4 Å². The van der Waals surface area contributed by atoms with E-state index >= 15 is 0 Å². The lowest BCUT2D eigenvalue weighted by atomic mass is 10.2. The number of hydrogen-bond acceptors (Lipinski definition) is 5. The van der Waals surface area contributed by atoms with E-state index in [9.17, 15) is 9.59 Å². The van der Waals surface area contributed by atoms with Crippen LogP contribution < -0.4 is 15.8 Å². The molecule has 0 bridgehead atoms. The normalized spacial score (nSPS) is 14.0. The molecule has 4 rings (SSSR count). The highest BCUT2D eigenvalue weighted by atomic mass is 16.5. The second-order valence-electron chi connectivity index (χ2n) is 6.92. The lowest BCUT2D eigenvalue weighted by Gasteiger charge is -2.28. The summed E-state index contributed by atoms with van der Waals surface area (Å²) < 4.78 is 8.41. The maximum Gasteiger partial charge on any atom is 0.261 e. The van der Waals surface area contributed by atoms with E-state index in [-0.39, 0.29) is 23.6 Å². The summed E-state index contributed by atoms with van der Waals surface area (Å²) >= 11 is 0. The van der Waals surface area contributed by atoms with Crippen molar-refractivity contribution >= 4 is 28.2 Å². The SMILES string of the molecule is Cn1cc(C(=O)Nc2ccc(N3CCOCC3)cc2)c2c(=O)n(CC#N)ccc21. The van der Waals surface area contributed by atoms with Gasteiger partial charge < -0.3 is 24.1 Å². The molecule has 148 valence electrons. The summed E-state index contributed by atoms with van der Waals surface area (Å²) in [5.74, 6) is -0.360. The molecule has 1 amide bonds. The van der Waals surface area contributed by atoms with Gasteiger partial charge in [-0.1, -0.05) is 0 Å². The molecular weight excluding hydrogens is 370 g/mol. The highest BCUT2D eigenvalue weighted by Gasteiger charge is 2.18. The summed E-state index contributed by atoms with van der Waals surface area (Å²) in [6, 6.07) is 11.3. The summed E-state index contributed by atoms with van der Waals surface area (Å²) in [6.07, 6.45) is 3.21. The first kappa shape index (κ1) is 18.8. The number of morpholine rings is 1. The molecule has 3 heterocycles. The van der Waals surface area contributed by atoms with Gasteiger partial charge >= 0.3 is 0 Å². The average molecular weight is 391 g/mol. The zero-order valence-electron chi connectivity index (χ0n) is 16.1. The van der Waals surface area contributed by atoms with E-state index < -0.39 is 0 Å². The van der Waals surface area contributed by atoms with Gasteiger partial charge in [0.05, 0.1) is 35.7 Å². The Hall–Kier alpha value is -3.57. The Morgan fingerprint density at radius 3 is 2.62 bits per heavy atom. The van der Waals surface area contributed by atoms with Crippen LogP contribution in [-0.4, -0.2) is 41.3 Å². The molecule has 1 fully saturated rings. The number of nitrogens with one attached hydrogen (secondary N) is 1. The number of benzene rings is 1. The number of fused-ring (bicyclic) bond motifs is 1. The third-order valence-corrected chi connectivity index (χ3v) is 5.10. The lowest BCUT2D eigenvalue weighted by molar-refractivity contribution is 0.102. The first-order valence-electron chi connectivity index (χ1n) is 9.38. The molecule has 1 N–H and O–H groups in total. The van der Waals surface area contributed by atoms with Crippen LogP contribution in [0.15, 0.2) is 47.5 Å². The van der Waals surface area contributed by atoms with Gasteiger partial charge in [-0.3, -0.25) is 9.59 Å². The van der Waals surface area contributed by atoms with E-state index in [0.717, 1.165) is 18.8 Å². The van der Waals surface area contributed by atoms with Gasteiger partial charge in [-0.25, -0.2) is 0 Å². The Bertz CT molecular complexity index is 1150. The molecule has 8 heteroatoms. The van der Waals surface area contributed by atoms with Crippen LogP contribution in [0, 0.1) is 11.3 Å². The van der Waals surface area contributed by atoms with Gasteiger partial charge in [-0.15, -0.1) is 0 Å². The molecule has 0 radical (unpaired) electrons. The summed E-state index contributed by atoms with van der Waals surface area (Å²) in [5.41, 5.74) is 2.32. The quantitative estimate of drug-likeness (QED) is 0.734. The number of amides is 1. The number of pyridine rings is 1. The van der Waals surface area contributed by atoms with Gasteiger partial charge in [0.25, 0.3) is 11.5 Å². The van der Waals surface area contributed by atoms with E-state index in [4.69, 9.17) is 10.00 Å². The van der Waals surface area contributed by atoms with Gasteiger partial charge in [-0.2, -0.15) is 5.26 Å². The fraction of sp³-hybridized carbons (Fsp3) is 0.286. The number of carbonyl (C=O) groups is 1. The van der Waals surface area contributed by atoms with Crippen molar-refractivity contribution in [2.75, 3.05) is 36.5 Å². The zero-order valence-corrected chi connectivity index (χ0v) is 16.1. The number of anilines is 2. The first-order chi connectivity index (χ1) is 14.1. The van der Waals surface area contributed by atoms with Gasteiger partial charge in [0, 0.05) is 43.9 Å². The van der Waals surface area contributed by atoms with Crippen molar-refractivity contribution in [1.29, 1.82) is 5.26 Å². The monoisotopic (exact) mass is 391 g/mol. The van der Waals surface area contributed by atoms with Crippen LogP contribution in [0.2, 0.25) is 0 Å². The predicted molar refractivity (Wildman–Crippen MR) is 110 cm³/mol. The van der Waals surface area contributed by atoms with Crippen molar-refractivity contribution in [1.82, 2.24) is 9.13 Å². The molecule has 8 nitrogen and oxygen atoms in total. The topological polar surface area (TPSA) is 92.3 Å². The molecule has 1 aliphatic rings. The summed E-state index contributed by atoms with van der Waals surface area (Å²) in [4.78, 5) is 27.9. The third kappa shape index (κ3) is 3.60. The van der Waals surface area contributed by atoms with Gasteiger partial charge in [0.2, 0.25) is 0 Å². The smallest absolute Gasteiger partial charge is 0.261 e. The van der Waals surface area contributed by atoms with Crippen molar-refractivity contribution < 1.29 is 9.53 Å². The fourth-order valence-electron chi connectivity index (χ4n) is 3.59. The second kappa shape index (κ2) is 7.81. The Kier molecular flexibility index (Phi) is 5.06. The van der Waals surface area contributed by atoms with Crippen LogP contribution in [0.3, 0.4) is 0 Å². The molecule has 3 aromatic rings. The number of aromatic nitrogens is 2. The fourth-order valence-corrected chi connectivity index (χ4v) is 3.59. The van der Waals surface area contributed by atoms with Crippen LogP contribution in [0.25, 0.3) is 10.9 Å². The van der Waals surface area contributed by atoms with Gasteiger partial charge in [-0.05, 0) is 30.3 Å². The molecule has 1 aromatic carbocycles. The maximum absolute atomic E-state index is 12.9. The Labute approximate surface area is 167 Å². The van der Waals surface area contributed by atoms with Crippen LogP contribution >= 0.6 is 0 Å². The molecule has 0 unspecified atom stereocenters. The first-order valence-corrected chi connectivity index (χ1v) is 9.38. The van der Waals surface area contributed by atoms with Crippen molar-refractivity contribution in [3.8, 4) is 6.07 Å². The number of carbonyl (C=O) groups excluding carboxylic acids is 1. The highest BCUT2D eigenvalue weighted by molar-refractivity contribution is 6.12. The number of nitriles is 1. The standard InChI is InChI=1S/C21H21N5O3/c1-24-14-17(19-18(24)6-8-26(9-7-22)21(19)28)20(27)23-15-2-4-16(5-3-15)25-10-12-29-13-11-25/h2-6,8,14H,9-13H2,1H3,(H,23,27). The minimum atomic E-state index is -0.360. The van der Waals surface area contributed by atoms with Crippen LogP contribution in [0.5, 0.6) is 0 Å². The summed E-state index contributed by atoms with van der Waals surface area (Å²) in [6.45, 7) is 3.05. The molecule has 1 aliphatic heterocycles. The van der Waals surface area contributed by atoms with Crippen molar-refractivity contribution in [3.63, 3.8) is 0 Å². The van der Waals surface area contributed by atoms with Crippen molar-refractivity contribution in [2.24, 2.45) is 7.05 Å². The number of ether oxygens (including phenoxy) is 1. The molecule has 0 saturated carbocycles. The molecular formula is C21H21N5O3. The average Bonchev–Trinajstić information content (AvgIpc) is 3.09. The van der Waals surface area contributed by atoms with Gasteiger partial charge in [0.1, 0.15) is 6.54 Å². The van der Waals surface area contributed by atoms with Crippen molar-refractivity contribution in [3.05, 3.63) is 58.6 Å². The molecule has 1 saturated heterocycles. The molecule has 29 heavy (non-hydrogen) atoms. The minimum absolute atomic E-state index is 0.0618. The molecule has 0 atom stereocenters.